The highest BCUT2D eigenvalue weighted by molar-refractivity contribution is 14.1. The van der Waals surface area contributed by atoms with Gasteiger partial charge in [0.15, 0.2) is 17.5 Å². The minimum Gasteiger partial charge on any atom is -0.390 e. The van der Waals surface area contributed by atoms with Gasteiger partial charge in [-0.15, -0.1) is 0 Å². The van der Waals surface area contributed by atoms with Crippen LogP contribution >= 0.6 is 153 Å². The summed E-state index contributed by atoms with van der Waals surface area (Å²) in [4.78, 5) is 52.4. The van der Waals surface area contributed by atoms with Gasteiger partial charge in [-0.05, 0) is 241 Å². The van der Waals surface area contributed by atoms with Gasteiger partial charge in [-0.25, -0.2) is 29.3 Å². The molecule has 0 atom stereocenters. The lowest BCUT2D eigenvalue weighted by Gasteiger charge is -2.22. The second kappa shape index (κ2) is 34.8. The molecular formula is C69H68BrCl6I3N12O4. The summed E-state index contributed by atoms with van der Waals surface area (Å²) >= 11 is 48.2. The molecule has 3 aliphatic carbocycles. The molecule has 7 N–H and O–H groups in total. The number of amides is 6. The lowest BCUT2D eigenvalue weighted by molar-refractivity contribution is 0.243. The van der Waals surface area contributed by atoms with E-state index in [1.165, 1.54) is 19.3 Å². The molecular weight excluding hydrogens is 1730 g/mol. The van der Waals surface area contributed by atoms with Crippen molar-refractivity contribution in [1.82, 2.24) is 44.6 Å². The van der Waals surface area contributed by atoms with E-state index in [2.05, 4.69) is 121 Å². The maximum atomic E-state index is 12.8. The van der Waals surface area contributed by atoms with Crippen LogP contribution in [0.5, 0.6) is 0 Å². The number of alkyl halides is 1. The minimum atomic E-state index is -0.326. The van der Waals surface area contributed by atoms with Crippen LogP contribution in [-0.4, -0.2) is 70.0 Å². The van der Waals surface area contributed by atoms with Crippen molar-refractivity contribution >= 4 is 189 Å². The van der Waals surface area contributed by atoms with E-state index in [1.807, 2.05) is 101 Å². The van der Waals surface area contributed by atoms with Crippen LogP contribution in [0.4, 0.5) is 31.8 Å². The molecule has 3 aromatic heterocycles. The summed E-state index contributed by atoms with van der Waals surface area (Å²) in [6.45, 7) is 1.62. The van der Waals surface area contributed by atoms with Gasteiger partial charge in [-0.2, -0.15) is 0 Å². The highest BCUT2D eigenvalue weighted by atomic mass is 127. The number of nitrogens with one attached hydrogen (secondary N) is 6. The molecule has 3 fully saturated rings. The topological polar surface area (TPSA) is 197 Å². The number of carbonyl (C=O) groups excluding carboxylic acids is 3. The van der Waals surface area contributed by atoms with Crippen LogP contribution in [0.25, 0.3) is 51.2 Å². The zero-order valence-electron chi connectivity index (χ0n) is 51.5. The number of anilines is 3. The number of aromatic nitrogens is 6. The number of rotatable bonds is 14. The summed E-state index contributed by atoms with van der Waals surface area (Å²) in [5.41, 5.74) is 6.89. The van der Waals surface area contributed by atoms with Crippen molar-refractivity contribution in [1.29, 1.82) is 0 Å². The highest BCUT2D eigenvalue weighted by Crippen LogP contribution is 2.39. The maximum Gasteiger partial charge on any atom is 0.320 e. The van der Waals surface area contributed by atoms with Gasteiger partial charge in [0.25, 0.3) is 0 Å². The number of benzene rings is 6. The van der Waals surface area contributed by atoms with Gasteiger partial charge in [0, 0.05) is 83.0 Å². The van der Waals surface area contributed by atoms with Gasteiger partial charge in [-0.3, -0.25) is 29.7 Å². The third-order valence-electron chi connectivity index (χ3n) is 16.6. The number of aliphatic hydroxyl groups is 1. The highest BCUT2D eigenvalue weighted by Gasteiger charge is 2.28. The Labute approximate surface area is 632 Å². The lowest BCUT2D eigenvalue weighted by atomic mass is 9.96. The largest absolute Gasteiger partial charge is 0.390 e. The predicted octanol–water partition coefficient (Wildman–Crippen LogP) is 21.4. The predicted molar refractivity (Wildman–Crippen MR) is 416 cm³/mol. The van der Waals surface area contributed by atoms with E-state index >= 15 is 0 Å². The van der Waals surface area contributed by atoms with Crippen LogP contribution in [0.1, 0.15) is 113 Å². The number of halogens is 10. The Morgan fingerprint density at radius 2 is 0.737 bits per heavy atom. The van der Waals surface area contributed by atoms with Crippen molar-refractivity contribution in [2.45, 2.75) is 133 Å². The molecule has 0 radical (unpaired) electrons. The van der Waals surface area contributed by atoms with E-state index in [0.29, 0.717) is 81.7 Å². The summed E-state index contributed by atoms with van der Waals surface area (Å²) in [6, 6.07) is 39.6. The number of hydrogen-bond acceptors (Lipinski definition) is 7. The van der Waals surface area contributed by atoms with Crippen molar-refractivity contribution in [2.24, 2.45) is 0 Å². The SMILES string of the molecule is Cc1c(NC(=O)NC2CCCCC2)nc(-c2ccc(Cl)cc2Cl)n1-c1ccc(I)cc1.O=C(Nc1nc(-c2ccc(Cl)cc2Cl)n(-c2ccc(I)cc2)c1CBr)NC1CCCCC1.O=C(Nc1nc(-c2ccc(Cl)cc2Cl)n(-c2ccc(I)cc2)c1CO)NC1CCCCC1. The van der Waals surface area contributed by atoms with Crippen molar-refractivity contribution < 1.29 is 19.5 Å². The number of aliphatic hydroxyl groups excluding tert-OH is 1. The Hall–Kier alpha value is -4.87. The summed E-state index contributed by atoms with van der Waals surface area (Å²) in [7, 11) is 0. The Morgan fingerprint density at radius 1 is 0.442 bits per heavy atom. The van der Waals surface area contributed by atoms with Crippen molar-refractivity contribution in [3.63, 3.8) is 0 Å². The van der Waals surface area contributed by atoms with E-state index in [0.717, 1.165) is 127 Å². The molecule has 498 valence electrons. The molecule has 12 rings (SSSR count). The number of carbonyl (C=O) groups is 3. The van der Waals surface area contributed by atoms with Crippen molar-refractivity contribution in [3.05, 3.63) is 185 Å². The summed E-state index contributed by atoms with van der Waals surface area (Å²) in [5, 5.41) is 31.7. The molecule has 26 heteroatoms. The standard InChI is InChI=1S/C23H22BrCl2IN4O.C23H23Cl2IN4O2.C23H23Cl2IN4O/c24-13-20-21(30-23(32)28-16-4-2-1-3-5-16)29-22(18-11-6-14(25)12-19(18)26)31(20)17-9-7-15(27)8-10-17;24-14-6-11-18(19(25)12-14)22-28-21(29-23(32)27-16-4-2-1-3-5-16)20(13-31)30(22)17-9-7-15(26)8-10-17;1-14-21(29-23(31)27-17-5-3-2-4-6-17)28-22(19-12-7-15(24)13-20(19)25)30(14)18-10-8-16(26)9-11-18/h6-12,16H,1-5,13H2,(H2,28,30,32);6-12,16,31H,1-5,13H2,(H2,27,29,32);7-13,17H,2-6H2,1H3,(H2,27,29,31). The van der Waals surface area contributed by atoms with Crippen LogP contribution in [0.2, 0.25) is 30.1 Å². The van der Waals surface area contributed by atoms with Crippen LogP contribution in [0.3, 0.4) is 0 Å². The first-order valence-electron chi connectivity index (χ1n) is 31.2. The number of urea groups is 3. The maximum absolute atomic E-state index is 12.8. The first-order chi connectivity index (χ1) is 45.8. The Balaban J connectivity index is 0.000000155. The minimum absolute atomic E-state index is 0.157. The van der Waals surface area contributed by atoms with Crippen molar-refractivity contribution in [3.8, 4) is 51.2 Å². The zero-order valence-corrected chi connectivity index (χ0v) is 64.1. The monoisotopic (exact) mass is 1800 g/mol. The first kappa shape index (κ1) is 72.9. The van der Waals surface area contributed by atoms with Gasteiger partial charge in [-0.1, -0.05) is 143 Å². The molecule has 3 heterocycles. The Bertz CT molecular complexity index is 3980. The van der Waals surface area contributed by atoms with E-state index in [4.69, 9.17) is 79.6 Å². The molecule has 95 heavy (non-hydrogen) atoms. The average Bonchev–Trinajstić information content (AvgIpc) is 1.65. The van der Waals surface area contributed by atoms with E-state index in [-0.39, 0.29) is 42.8 Å². The molecule has 9 aromatic rings. The Kier molecular flexibility index (Phi) is 26.7. The third kappa shape index (κ3) is 19.1. The second-order valence-electron chi connectivity index (χ2n) is 23.2. The van der Waals surface area contributed by atoms with Crippen LogP contribution < -0.4 is 31.9 Å². The lowest BCUT2D eigenvalue weighted by Crippen LogP contribution is -2.39. The molecule has 0 aliphatic heterocycles. The summed E-state index contributed by atoms with van der Waals surface area (Å²) in [6.07, 6.45) is 16.6. The third-order valence-corrected chi connectivity index (χ3v) is 20.9. The average molecular weight is 1800 g/mol. The Morgan fingerprint density at radius 3 is 1.06 bits per heavy atom. The fraction of sp³-hybridized carbons (Fsp3) is 0.304. The summed E-state index contributed by atoms with van der Waals surface area (Å²) < 4.78 is 9.16. The van der Waals surface area contributed by atoms with Crippen LogP contribution in [0.15, 0.2) is 127 Å². The fourth-order valence-electron chi connectivity index (χ4n) is 11.9. The van der Waals surface area contributed by atoms with Gasteiger partial charge in [0.05, 0.1) is 38.8 Å². The molecule has 0 spiro atoms. The van der Waals surface area contributed by atoms with E-state index in [1.54, 1.807) is 47.0 Å². The fourth-order valence-corrected chi connectivity index (χ4v) is 15.0. The molecule has 3 saturated carbocycles. The smallest absolute Gasteiger partial charge is 0.320 e. The normalized spacial score (nSPS) is 14.4. The molecule has 0 saturated heterocycles. The molecule has 0 unspecified atom stereocenters. The number of hydrogen-bond donors (Lipinski definition) is 7. The zero-order chi connectivity index (χ0) is 67.3. The van der Waals surface area contributed by atoms with Gasteiger partial charge in [0.2, 0.25) is 0 Å². The van der Waals surface area contributed by atoms with E-state index < -0.39 is 0 Å². The first-order valence-corrected chi connectivity index (χ1v) is 37.8. The summed E-state index contributed by atoms with van der Waals surface area (Å²) in [5.74, 6) is 3.08. The molecule has 0 bridgehead atoms. The van der Waals surface area contributed by atoms with Gasteiger partial charge < -0.3 is 21.1 Å². The van der Waals surface area contributed by atoms with Gasteiger partial charge >= 0.3 is 18.1 Å². The molecule has 6 aromatic carbocycles. The quantitative estimate of drug-likeness (QED) is 0.0415. The van der Waals surface area contributed by atoms with Crippen LogP contribution in [0, 0.1) is 17.6 Å². The molecule has 3 aliphatic rings. The molecule has 6 amide bonds. The van der Waals surface area contributed by atoms with Crippen LogP contribution in [-0.2, 0) is 11.9 Å². The second-order valence-corrected chi connectivity index (χ2v) is 30.1. The molecule has 16 nitrogen and oxygen atoms in total. The van der Waals surface area contributed by atoms with E-state index in [9.17, 15) is 19.5 Å². The van der Waals surface area contributed by atoms with Gasteiger partial charge in [0.1, 0.15) is 17.5 Å². The van der Waals surface area contributed by atoms with Crippen molar-refractivity contribution in [2.75, 3.05) is 16.0 Å². The number of imidazole rings is 3. The number of nitrogens with zero attached hydrogens (tertiary/aromatic N) is 6.